The molecule has 0 aliphatic heterocycles. The molecule has 1 aromatic heterocycles. The molecule has 0 spiro atoms. The number of hydrogen-bond acceptors (Lipinski definition) is 4. The molecule has 3 nitrogen and oxygen atoms in total. The molecule has 0 amide bonds. The van der Waals surface area contributed by atoms with Crippen LogP contribution >= 0.6 is 39.3 Å². The topological polar surface area (TPSA) is 39.2 Å². The zero-order valence-corrected chi connectivity index (χ0v) is 10.4. The Bertz CT molecular complexity index is 348. The lowest BCUT2D eigenvalue weighted by Gasteiger charge is -2.02. The maximum Gasteiger partial charge on any atom is 0.316 e. The molecule has 0 N–H and O–H groups in total. The van der Waals surface area contributed by atoms with Crippen LogP contribution < -0.4 is 0 Å². The number of halogens is 2. The van der Waals surface area contributed by atoms with Crippen molar-refractivity contribution in [3.05, 3.63) is 21.8 Å². The van der Waals surface area contributed by atoms with E-state index in [0.717, 1.165) is 4.47 Å². The summed E-state index contributed by atoms with van der Waals surface area (Å²) in [5.41, 5.74) is 0. The molecule has 6 heteroatoms. The zero-order valence-electron chi connectivity index (χ0n) is 7.29. The summed E-state index contributed by atoms with van der Waals surface area (Å²) in [6.45, 7) is 0. The summed E-state index contributed by atoms with van der Waals surface area (Å²) in [5, 5.41) is 1.15. The molecule has 1 aromatic rings. The Kier molecular flexibility index (Phi) is 4.71. The van der Waals surface area contributed by atoms with Crippen molar-refractivity contribution in [3.63, 3.8) is 0 Å². The van der Waals surface area contributed by atoms with E-state index in [1.165, 1.54) is 18.9 Å². The zero-order chi connectivity index (χ0) is 10.6. The van der Waals surface area contributed by atoms with Crippen LogP contribution in [0, 0.1) is 0 Å². The Morgan fingerprint density at radius 2 is 2.50 bits per heavy atom. The number of methoxy groups -OCH3 is 1. The van der Waals surface area contributed by atoms with Crippen molar-refractivity contribution in [1.29, 1.82) is 0 Å². The Morgan fingerprint density at radius 3 is 3.07 bits per heavy atom. The van der Waals surface area contributed by atoms with Gasteiger partial charge < -0.3 is 4.74 Å². The highest BCUT2D eigenvalue weighted by molar-refractivity contribution is 9.10. The molecule has 14 heavy (non-hydrogen) atoms. The fourth-order valence-corrected chi connectivity index (χ4v) is 2.18. The van der Waals surface area contributed by atoms with Crippen LogP contribution in [0.25, 0.3) is 0 Å². The van der Waals surface area contributed by atoms with Crippen molar-refractivity contribution in [2.45, 2.75) is 5.03 Å². The quantitative estimate of drug-likeness (QED) is 0.635. The van der Waals surface area contributed by atoms with Crippen molar-refractivity contribution in [3.8, 4) is 0 Å². The standard InChI is InChI=1S/C8H7BrClNO2S/c1-13-7(12)4-14-8-6(10)2-5(9)3-11-8/h2-3H,4H2,1H3. The number of esters is 1. The first-order valence-corrected chi connectivity index (χ1v) is 5.80. The van der Waals surface area contributed by atoms with Gasteiger partial charge in [0.25, 0.3) is 0 Å². The summed E-state index contributed by atoms with van der Waals surface area (Å²) in [6, 6.07) is 1.73. The first kappa shape index (κ1) is 11.8. The monoisotopic (exact) mass is 295 g/mol. The van der Waals surface area contributed by atoms with Crippen molar-refractivity contribution < 1.29 is 9.53 Å². The van der Waals surface area contributed by atoms with Gasteiger partial charge in [0.1, 0.15) is 5.03 Å². The Balaban J connectivity index is 2.63. The number of pyridine rings is 1. The Labute approximate surface area is 99.3 Å². The number of hydrogen-bond donors (Lipinski definition) is 0. The van der Waals surface area contributed by atoms with E-state index >= 15 is 0 Å². The second-order valence-electron chi connectivity index (χ2n) is 2.31. The van der Waals surface area contributed by atoms with E-state index in [1.54, 1.807) is 12.3 Å². The van der Waals surface area contributed by atoms with Crippen molar-refractivity contribution in [2.75, 3.05) is 12.9 Å². The van der Waals surface area contributed by atoms with Crippen LogP contribution in [0.1, 0.15) is 0 Å². The van der Waals surface area contributed by atoms with Crippen molar-refractivity contribution in [1.82, 2.24) is 4.98 Å². The average molecular weight is 297 g/mol. The summed E-state index contributed by atoms with van der Waals surface area (Å²) in [7, 11) is 1.35. The summed E-state index contributed by atoms with van der Waals surface area (Å²) in [5.74, 6) is -0.0824. The fourth-order valence-electron chi connectivity index (χ4n) is 0.694. The predicted molar refractivity (Wildman–Crippen MR) is 59.7 cm³/mol. The third kappa shape index (κ3) is 3.48. The van der Waals surface area contributed by atoms with Gasteiger partial charge in [0.2, 0.25) is 0 Å². The summed E-state index contributed by atoms with van der Waals surface area (Å²) in [4.78, 5) is 14.9. The van der Waals surface area contributed by atoms with Gasteiger partial charge in [-0.2, -0.15) is 0 Å². The van der Waals surface area contributed by atoms with Gasteiger partial charge in [-0.05, 0) is 22.0 Å². The molecule has 0 saturated carbocycles. The van der Waals surface area contributed by atoms with Crippen LogP contribution in [-0.2, 0) is 9.53 Å². The van der Waals surface area contributed by atoms with Gasteiger partial charge in [-0.25, -0.2) is 4.98 Å². The van der Waals surface area contributed by atoms with Gasteiger partial charge >= 0.3 is 5.97 Å². The summed E-state index contributed by atoms with van der Waals surface area (Å²) < 4.78 is 5.31. The predicted octanol–water partition coefficient (Wildman–Crippen LogP) is 2.76. The summed E-state index contributed by atoms with van der Waals surface area (Å²) >= 11 is 10.4. The normalized spacial score (nSPS) is 9.93. The minimum Gasteiger partial charge on any atom is -0.468 e. The van der Waals surface area contributed by atoms with Gasteiger partial charge in [-0.15, -0.1) is 0 Å². The fraction of sp³-hybridized carbons (Fsp3) is 0.250. The molecule has 0 atom stereocenters. The first-order valence-electron chi connectivity index (χ1n) is 3.64. The molecule has 0 aromatic carbocycles. The number of rotatable bonds is 3. The number of thioether (sulfide) groups is 1. The molecule has 0 unspecified atom stereocenters. The molecule has 1 rings (SSSR count). The molecule has 0 aliphatic carbocycles. The minimum atomic E-state index is -0.296. The van der Waals surface area contributed by atoms with Gasteiger partial charge in [0.15, 0.2) is 0 Å². The lowest BCUT2D eigenvalue weighted by atomic mass is 10.5. The number of nitrogens with zero attached hydrogens (tertiary/aromatic N) is 1. The Hall–Kier alpha value is -0.260. The van der Waals surface area contributed by atoms with Crippen LogP contribution in [0.4, 0.5) is 0 Å². The van der Waals surface area contributed by atoms with Crippen molar-refractivity contribution in [2.24, 2.45) is 0 Å². The van der Waals surface area contributed by atoms with E-state index in [0.29, 0.717) is 10.0 Å². The molecular formula is C8H7BrClNO2S. The van der Waals surface area contributed by atoms with E-state index in [1.807, 2.05) is 0 Å². The lowest BCUT2D eigenvalue weighted by molar-refractivity contribution is -0.137. The van der Waals surface area contributed by atoms with Crippen LogP contribution in [0.2, 0.25) is 5.02 Å². The molecule has 0 saturated heterocycles. The highest BCUT2D eigenvalue weighted by Gasteiger charge is 2.07. The van der Waals surface area contributed by atoms with Crippen LogP contribution in [0.3, 0.4) is 0 Å². The number of ether oxygens (including phenoxy) is 1. The largest absolute Gasteiger partial charge is 0.468 e. The molecule has 0 bridgehead atoms. The molecular weight excluding hydrogens is 290 g/mol. The van der Waals surface area contributed by atoms with Gasteiger partial charge in [-0.1, -0.05) is 23.4 Å². The second-order valence-corrected chi connectivity index (χ2v) is 4.59. The first-order chi connectivity index (χ1) is 6.63. The van der Waals surface area contributed by atoms with E-state index in [-0.39, 0.29) is 11.7 Å². The maximum absolute atomic E-state index is 10.8. The maximum atomic E-state index is 10.8. The highest BCUT2D eigenvalue weighted by Crippen LogP contribution is 2.27. The van der Waals surface area contributed by atoms with Crippen LogP contribution in [-0.4, -0.2) is 23.8 Å². The number of carbonyl (C=O) groups is 1. The van der Waals surface area contributed by atoms with Gasteiger partial charge in [0, 0.05) is 10.7 Å². The minimum absolute atomic E-state index is 0.213. The molecule has 1 heterocycles. The molecule has 0 radical (unpaired) electrons. The SMILES string of the molecule is COC(=O)CSc1ncc(Br)cc1Cl. The van der Waals surface area contributed by atoms with Crippen LogP contribution in [0.5, 0.6) is 0 Å². The van der Waals surface area contributed by atoms with Crippen molar-refractivity contribution >= 4 is 45.3 Å². The summed E-state index contributed by atoms with van der Waals surface area (Å²) in [6.07, 6.45) is 1.63. The van der Waals surface area contributed by atoms with E-state index in [4.69, 9.17) is 11.6 Å². The number of aromatic nitrogens is 1. The second kappa shape index (κ2) is 5.58. The molecule has 0 fully saturated rings. The smallest absolute Gasteiger partial charge is 0.316 e. The third-order valence-electron chi connectivity index (χ3n) is 1.33. The third-order valence-corrected chi connectivity index (χ3v) is 3.14. The molecule has 76 valence electrons. The number of carbonyl (C=O) groups excluding carboxylic acids is 1. The van der Waals surface area contributed by atoms with E-state index in [9.17, 15) is 4.79 Å². The average Bonchev–Trinajstić information content (AvgIpc) is 2.16. The molecule has 0 aliphatic rings. The van der Waals surface area contributed by atoms with Gasteiger partial charge in [0.05, 0.1) is 17.9 Å². The Morgan fingerprint density at radius 1 is 1.79 bits per heavy atom. The van der Waals surface area contributed by atoms with Gasteiger partial charge in [-0.3, -0.25) is 4.79 Å². The van der Waals surface area contributed by atoms with E-state index < -0.39 is 0 Å². The highest BCUT2D eigenvalue weighted by atomic mass is 79.9. The van der Waals surface area contributed by atoms with E-state index in [2.05, 4.69) is 25.7 Å². The lowest BCUT2D eigenvalue weighted by Crippen LogP contribution is -2.03. The van der Waals surface area contributed by atoms with Crippen LogP contribution in [0.15, 0.2) is 21.8 Å².